The van der Waals surface area contributed by atoms with Gasteiger partial charge in [-0.3, -0.25) is 50.8 Å². The SMILES string of the molecule is [2H]C([2H])([2H])C(C)([C@@H](C)NC(=O)OC)C([2H])([2H])[2H].[2H]C([2H])([2H])C(C)([C@@H](C)NC(=O)OC)C([2H])([2H])[2H].[2H]C([2H])(c1ccc(-c2ccccn2)cc1)N(C[C@H](O)[C@@H](N)Cc1ccccc1)NC(=O)[C@@H](CC(=O)OC)C(C)(C)C.[2H]C([2H])(c1ccc(-c2ccccn2)cc1)N(C[C@H](O)[C@@H](N)Cc1ccccc1)NC(=O)[C@@H](CC(=O)OC)C(C)(C)C.[2H]C([2H])(c1ccc(-c2ccccn2)cc1)N(N)C[C@H](O)[C@@H](C[B]C=O)Cc1ccccc1. The second-order valence-corrected chi connectivity index (χ2v) is 33.5. The Hall–Kier alpha value is -11.4. The molecule has 0 bridgehead atoms. The molecule has 0 fully saturated rings. The highest BCUT2D eigenvalue weighted by Gasteiger charge is 2.37. The van der Waals surface area contributed by atoms with Gasteiger partial charge in [-0.1, -0.05) is 271 Å². The molecule has 0 unspecified atom stereocenters. The Kier molecular flexibility index (Phi) is 35.4. The molecule has 4 amide bonds. The highest BCUT2D eigenvalue weighted by atomic mass is 16.5. The van der Waals surface area contributed by atoms with E-state index >= 15 is 0 Å². The Morgan fingerprint density at radius 3 is 1.03 bits per heavy atom. The van der Waals surface area contributed by atoms with E-state index in [1.54, 1.807) is 91.4 Å². The number of hydrogen-bond donors (Lipinski definition) is 10. The number of aromatic nitrogens is 3. The van der Waals surface area contributed by atoms with Crippen molar-refractivity contribution in [3.8, 4) is 33.8 Å². The molecule has 0 spiro atoms. The van der Waals surface area contributed by atoms with Crippen LogP contribution in [0.15, 0.2) is 237 Å². The second kappa shape index (κ2) is 55.6. The van der Waals surface area contributed by atoms with Crippen LogP contribution in [0.1, 0.15) is 168 Å². The predicted octanol–water partition coefficient (Wildman–Crippen LogP) is 14.0. The number of alkyl carbamates (subject to hydrolysis) is 2. The third kappa shape index (κ3) is 41.1. The van der Waals surface area contributed by atoms with Crippen LogP contribution in [-0.2, 0) is 81.7 Å². The van der Waals surface area contributed by atoms with Gasteiger partial charge in [0.1, 0.15) is 0 Å². The molecule has 1 radical (unpaired) electrons. The first-order valence-corrected chi connectivity index (χ1v) is 42.3. The monoisotopic (exact) mass is 1800 g/mol. The van der Waals surface area contributed by atoms with E-state index < -0.39 is 159 Å². The Bertz CT molecular complexity index is 5270. The fraction of sp³-hybridized carbons (Fsp3) is 0.431. The lowest BCUT2D eigenvalue weighted by Gasteiger charge is -2.33. The molecule has 0 aliphatic carbocycles. The molecule has 0 saturated carbocycles. The van der Waals surface area contributed by atoms with Crippen LogP contribution in [0.2, 0.25) is 6.32 Å². The molecule has 3 heterocycles. The van der Waals surface area contributed by atoms with E-state index in [1.807, 2.05) is 187 Å². The third-order valence-corrected chi connectivity index (χ3v) is 20.7. The molecular weight excluding hydrogens is 1640 g/mol. The van der Waals surface area contributed by atoms with Crippen LogP contribution >= 0.6 is 0 Å². The first-order chi connectivity index (χ1) is 68.8. The Labute approximate surface area is 796 Å². The summed E-state index contributed by atoms with van der Waals surface area (Å²) >= 11 is 0. The molecule has 0 aliphatic rings. The molecule has 27 nitrogen and oxygen atoms in total. The topological polar surface area (TPSA) is 392 Å². The fourth-order valence-electron chi connectivity index (χ4n) is 12.3. The van der Waals surface area contributed by atoms with Gasteiger partial charge < -0.3 is 61.2 Å². The molecule has 13 N–H and O–H groups in total. The van der Waals surface area contributed by atoms with Gasteiger partial charge in [0.2, 0.25) is 11.8 Å². The van der Waals surface area contributed by atoms with Crippen molar-refractivity contribution in [3.63, 3.8) is 0 Å². The minimum atomic E-state index is -2.74. The minimum Gasteiger partial charge on any atom is -0.469 e. The number of nitrogens with two attached hydrogens (primary N) is 3. The van der Waals surface area contributed by atoms with Crippen molar-refractivity contribution in [1.82, 2.24) is 51.5 Å². The van der Waals surface area contributed by atoms with Crippen LogP contribution in [0.3, 0.4) is 0 Å². The molecule has 28 heteroatoms. The number of carbonyl (C=O) groups excluding carboxylic acids is 7. The van der Waals surface area contributed by atoms with Gasteiger partial charge in [0.05, 0.1) is 100 Å². The number of hydrazine groups is 3. The van der Waals surface area contributed by atoms with Gasteiger partial charge in [-0.15, -0.1) is 0 Å². The number of amides is 4. The maximum absolute atomic E-state index is 13.6. The molecule has 0 saturated heterocycles. The highest BCUT2D eigenvalue weighted by molar-refractivity contribution is 6.66. The second-order valence-electron chi connectivity index (χ2n) is 33.5. The zero-order valence-corrected chi connectivity index (χ0v) is 76.6. The fourth-order valence-corrected chi connectivity index (χ4v) is 12.3. The summed E-state index contributed by atoms with van der Waals surface area (Å²) in [5.74, 6) is 1.94. The van der Waals surface area contributed by atoms with Crippen molar-refractivity contribution in [3.05, 3.63) is 270 Å². The number of ether oxygens (including phenoxy) is 4. The average Bonchev–Trinajstić information content (AvgIpc) is 0.760. The van der Waals surface area contributed by atoms with E-state index in [-0.39, 0.29) is 49.5 Å². The number of carbonyl (C=O) groups is 7. The zero-order chi connectivity index (χ0) is 112. The van der Waals surface area contributed by atoms with Crippen LogP contribution in [0.25, 0.3) is 33.8 Å². The number of methoxy groups -OCH3 is 4. The molecule has 0 aliphatic heterocycles. The number of hydrogen-bond acceptors (Lipinski definition) is 23. The largest absolute Gasteiger partial charge is 0.469 e. The van der Waals surface area contributed by atoms with Crippen molar-refractivity contribution in [2.24, 2.45) is 56.7 Å². The number of rotatable bonds is 37. The summed E-state index contributed by atoms with van der Waals surface area (Å²) in [6, 6.07) is 62.1. The predicted molar refractivity (Wildman–Crippen MR) is 514 cm³/mol. The van der Waals surface area contributed by atoms with Crippen molar-refractivity contribution in [2.75, 3.05) is 48.1 Å². The van der Waals surface area contributed by atoms with Gasteiger partial charge >= 0.3 is 24.1 Å². The number of pyridine rings is 3. The van der Waals surface area contributed by atoms with E-state index in [9.17, 15) is 48.9 Å². The zero-order valence-electron chi connectivity index (χ0n) is 94.6. The van der Waals surface area contributed by atoms with Gasteiger partial charge in [-0.2, -0.15) is 0 Å². The first kappa shape index (κ1) is 82.9. The summed E-state index contributed by atoms with van der Waals surface area (Å²) in [6.45, 7) is -2.34. The molecule has 130 heavy (non-hydrogen) atoms. The minimum absolute atomic E-state index is 0.0841. The Balaban J connectivity index is 0.000000340. The van der Waals surface area contributed by atoms with Gasteiger partial charge in [-0.25, -0.2) is 24.6 Å². The molecular formula is C102H141BN13O14. The Morgan fingerprint density at radius 1 is 0.431 bits per heavy atom. The summed E-state index contributed by atoms with van der Waals surface area (Å²) in [5, 5.41) is 40.6. The number of aliphatic hydroxyl groups excluding tert-OH is 3. The molecule has 3 aromatic heterocycles. The number of aliphatic hydroxyl groups is 3. The molecule has 9 aromatic rings. The quantitative estimate of drug-likeness (QED) is 0.00432. The lowest BCUT2D eigenvalue weighted by atomic mass is 9.68. The molecule has 701 valence electrons. The van der Waals surface area contributed by atoms with Crippen LogP contribution < -0.4 is 38.8 Å². The highest BCUT2D eigenvalue weighted by Crippen LogP contribution is 2.32. The summed E-state index contributed by atoms with van der Waals surface area (Å²) in [7, 11) is 6.21. The van der Waals surface area contributed by atoms with E-state index in [0.717, 1.165) is 93.6 Å². The van der Waals surface area contributed by atoms with Crippen LogP contribution in [0, 0.1) is 39.4 Å². The summed E-state index contributed by atoms with van der Waals surface area (Å²) in [6.07, 6.45) is 2.06. The van der Waals surface area contributed by atoms with Gasteiger partial charge in [0, 0.05) is 118 Å². The molecule has 9 rings (SSSR count). The van der Waals surface area contributed by atoms with Crippen molar-refractivity contribution in [2.45, 2.75) is 197 Å². The van der Waals surface area contributed by atoms with Gasteiger partial charge in [-0.05, 0) is 130 Å². The van der Waals surface area contributed by atoms with Gasteiger partial charge in [0.15, 0.2) is 7.28 Å². The lowest BCUT2D eigenvalue weighted by molar-refractivity contribution is -0.148. The average molecular weight is 1800 g/mol. The normalized spacial score (nSPS) is 16.5. The van der Waals surface area contributed by atoms with E-state index in [4.69, 9.17) is 51.5 Å². The number of nitrogens with zero attached hydrogens (tertiary/aromatic N) is 6. The van der Waals surface area contributed by atoms with Crippen molar-refractivity contribution in [1.29, 1.82) is 0 Å². The summed E-state index contributed by atoms with van der Waals surface area (Å²) in [4.78, 5) is 97.2. The van der Waals surface area contributed by atoms with Crippen molar-refractivity contribution < 1.29 is 92.5 Å². The Morgan fingerprint density at radius 2 is 0.746 bits per heavy atom. The number of nitrogens with one attached hydrogen (secondary N) is 4. The smallest absolute Gasteiger partial charge is 0.407 e. The van der Waals surface area contributed by atoms with E-state index in [2.05, 4.69) is 45.9 Å². The third-order valence-electron chi connectivity index (χ3n) is 20.7. The maximum Gasteiger partial charge on any atom is 0.407 e. The van der Waals surface area contributed by atoms with E-state index in [1.165, 1.54) is 35.3 Å². The molecule has 6 aromatic carbocycles. The standard InChI is InChI=1S/2C31H40N4O4.C24H27BN3O2.2C8H17NO2/c2*1-31(2,3)25(19-29(37)39-4)30(38)34-35(21-28(36)26(32)18-22-10-6-5-7-11-22)20-23-13-15-24(16-14-23)27-12-8-9-17-33-27;26-28(16-20-9-11-21(12-10-20)23-8-4-5-13-27-23)17-24(30)22(15-25-18-29)14-19-6-2-1-3-7-19;2*1-6(8(2,3)4)9-7(10)11-5/h2*5-17,25-26,28,36H,18-21,32H2,1-4H3,(H,34,38);1-13,18,22,24,30H,14-17,26H2;2*6H,1-5H3,(H,9,10)/t2*25-,26+,28+;22-,24+;2*6-/m11111/s1/i2*20D2;16D2;2*2D3,3D3. The van der Waals surface area contributed by atoms with Crippen molar-refractivity contribution >= 4 is 49.4 Å². The van der Waals surface area contributed by atoms with Crippen LogP contribution in [0.5, 0.6) is 0 Å². The number of benzene rings is 6. The van der Waals surface area contributed by atoms with Crippen LogP contribution in [-0.4, -0.2) is 185 Å². The van der Waals surface area contributed by atoms with Crippen LogP contribution in [0.4, 0.5) is 9.59 Å². The first-order valence-electron chi connectivity index (χ1n) is 51.3. The molecule has 10 atom stereocenters. The number of esters is 2. The summed E-state index contributed by atoms with van der Waals surface area (Å²) in [5.41, 5.74) is 21.2. The van der Waals surface area contributed by atoms with E-state index in [0.29, 0.717) is 37.3 Å². The van der Waals surface area contributed by atoms with Gasteiger partial charge in [0.25, 0.3) is 0 Å². The summed E-state index contributed by atoms with van der Waals surface area (Å²) < 4.78 is 160. The maximum atomic E-state index is 13.6. The lowest BCUT2D eigenvalue weighted by Crippen LogP contribution is -2.53.